The van der Waals surface area contributed by atoms with Crippen LogP contribution in [0.15, 0.2) is 36.4 Å². The molecule has 2 aromatic carbocycles. The molecule has 0 radical (unpaired) electrons. The highest BCUT2D eigenvalue weighted by Gasteiger charge is 2.38. The third-order valence-corrected chi connectivity index (χ3v) is 5.08. The lowest BCUT2D eigenvalue weighted by Crippen LogP contribution is -2.36. The molecule has 3 amide bonds. The minimum Gasteiger partial charge on any atom is -0.506 e. The Morgan fingerprint density at radius 3 is 2.63 bits per heavy atom. The van der Waals surface area contributed by atoms with Crippen molar-refractivity contribution in [2.75, 3.05) is 18.5 Å². The number of rotatable bonds is 5. The van der Waals surface area contributed by atoms with Gasteiger partial charge in [-0.2, -0.15) is 0 Å². The van der Waals surface area contributed by atoms with E-state index in [0.717, 1.165) is 29.9 Å². The first kappa shape index (κ1) is 19.5. The molecule has 1 fully saturated rings. The van der Waals surface area contributed by atoms with E-state index in [2.05, 4.69) is 5.32 Å². The van der Waals surface area contributed by atoms with E-state index in [9.17, 15) is 29.6 Å². The van der Waals surface area contributed by atoms with Crippen LogP contribution in [-0.2, 0) is 4.74 Å². The second-order valence-corrected chi connectivity index (χ2v) is 7.03. The maximum atomic E-state index is 12.7. The van der Waals surface area contributed by atoms with Gasteiger partial charge in [-0.15, -0.1) is 0 Å². The van der Waals surface area contributed by atoms with Crippen molar-refractivity contribution in [3.63, 3.8) is 0 Å². The molecule has 4 rings (SSSR count). The van der Waals surface area contributed by atoms with Crippen molar-refractivity contribution in [1.29, 1.82) is 0 Å². The van der Waals surface area contributed by atoms with Gasteiger partial charge in [0, 0.05) is 18.2 Å². The summed E-state index contributed by atoms with van der Waals surface area (Å²) in [7, 11) is 0. The average Bonchev–Trinajstić information content (AvgIpc) is 3.32. The van der Waals surface area contributed by atoms with Gasteiger partial charge in [0.15, 0.2) is 0 Å². The fraction of sp³-hybridized carbons (Fsp3) is 0.250. The van der Waals surface area contributed by atoms with Crippen LogP contribution in [0.4, 0.5) is 11.4 Å². The monoisotopic (exact) mass is 411 g/mol. The number of ether oxygens (including phenoxy) is 1. The van der Waals surface area contributed by atoms with Crippen LogP contribution in [-0.4, -0.2) is 51.9 Å². The van der Waals surface area contributed by atoms with Crippen LogP contribution in [0.2, 0.25) is 0 Å². The first-order valence-corrected chi connectivity index (χ1v) is 9.26. The molecule has 2 heterocycles. The van der Waals surface area contributed by atoms with E-state index in [1.54, 1.807) is 0 Å². The lowest BCUT2D eigenvalue weighted by Gasteiger charge is -2.17. The Labute approximate surface area is 170 Å². The number of carbonyl (C=O) groups is 3. The number of benzene rings is 2. The summed E-state index contributed by atoms with van der Waals surface area (Å²) in [6.07, 6.45) is 1.48. The van der Waals surface area contributed by atoms with E-state index < -0.39 is 28.4 Å². The van der Waals surface area contributed by atoms with Gasteiger partial charge in [0.25, 0.3) is 23.4 Å². The van der Waals surface area contributed by atoms with E-state index >= 15 is 0 Å². The molecule has 0 bridgehead atoms. The number of anilines is 1. The van der Waals surface area contributed by atoms with Gasteiger partial charge < -0.3 is 15.2 Å². The Kier molecular flexibility index (Phi) is 4.92. The van der Waals surface area contributed by atoms with Crippen LogP contribution in [0.25, 0.3) is 0 Å². The predicted molar refractivity (Wildman–Crippen MR) is 103 cm³/mol. The summed E-state index contributed by atoms with van der Waals surface area (Å²) in [5, 5.41) is 23.1. The zero-order valence-corrected chi connectivity index (χ0v) is 15.7. The van der Waals surface area contributed by atoms with Crippen LogP contribution in [0, 0.1) is 10.1 Å². The van der Waals surface area contributed by atoms with Gasteiger partial charge in [-0.25, -0.2) is 0 Å². The SMILES string of the molecule is O=C(Nc1ccc([N+](=O)[O-])cc1O)c1ccc2c(c1)C(=O)N(CC1CCCO1)C2=O. The van der Waals surface area contributed by atoms with Gasteiger partial charge in [0.05, 0.1) is 40.5 Å². The minimum absolute atomic E-state index is 0.0199. The molecule has 1 atom stereocenters. The smallest absolute Gasteiger partial charge is 0.273 e. The molecular formula is C20H17N3O7. The standard InChI is InChI=1S/C20H17N3O7/c24-17-9-12(23(28)29)4-6-16(17)21-18(25)11-3-5-14-15(8-11)20(27)22(19(14)26)10-13-2-1-7-30-13/h3-6,8-9,13,24H,1-2,7,10H2,(H,21,25). The van der Waals surface area contributed by atoms with Crippen molar-refractivity contribution in [1.82, 2.24) is 4.90 Å². The summed E-state index contributed by atoms with van der Waals surface area (Å²) in [6, 6.07) is 7.40. The van der Waals surface area contributed by atoms with Crippen molar-refractivity contribution in [2.24, 2.45) is 0 Å². The number of nitro benzene ring substituents is 1. The molecule has 2 aromatic rings. The quantitative estimate of drug-likeness (QED) is 0.333. The molecule has 2 aliphatic rings. The Hall–Kier alpha value is -3.79. The van der Waals surface area contributed by atoms with E-state index in [0.29, 0.717) is 6.61 Å². The van der Waals surface area contributed by atoms with Crippen molar-refractivity contribution in [3.05, 3.63) is 63.2 Å². The minimum atomic E-state index is -0.670. The van der Waals surface area contributed by atoms with E-state index in [4.69, 9.17) is 4.74 Å². The number of phenols is 1. The normalized spacial score (nSPS) is 17.9. The zero-order valence-electron chi connectivity index (χ0n) is 15.7. The summed E-state index contributed by atoms with van der Waals surface area (Å²) < 4.78 is 5.50. The summed E-state index contributed by atoms with van der Waals surface area (Å²) in [6.45, 7) is 0.776. The number of hydrogen-bond acceptors (Lipinski definition) is 7. The molecule has 0 spiro atoms. The number of nitrogens with zero attached hydrogens (tertiary/aromatic N) is 2. The van der Waals surface area contributed by atoms with Gasteiger partial charge in [-0.05, 0) is 37.1 Å². The van der Waals surface area contributed by atoms with Gasteiger partial charge in [0.2, 0.25) is 0 Å². The number of imide groups is 1. The molecular weight excluding hydrogens is 394 g/mol. The van der Waals surface area contributed by atoms with E-state index in [1.165, 1.54) is 24.3 Å². The largest absolute Gasteiger partial charge is 0.506 e. The van der Waals surface area contributed by atoms with Gasteiger partial charge in [-0.3, -0.25) is 29.4 Å². The number of carbonyl (C=O) groups excluding carboxylic acids is 3. The Bertz CT molecular complexity index is 1080. The third kappa shape index (κ3) is 3.48. The summed E-state index contributed by atoms with van der Waals surface area (Å²) in [5.41, 5.74) is 0.102. The predicted octanol–water partition coefficient (Wildman–Crippen LogP) is 2.33. The molecule has 30 heavy (non-hydrogen) atoms. The second-order valence-electron chi connectivity index (χ2n) is 7.03. The van der Waals surface area contributed by atoms with Crippen LogP contribution in [0.3, 0.4) is 0 Å². The van der Waals surface area contributed by atoms with E-state index in [1.807, 2.05) is 0 Å². The highest BCUT2D eigenvalue weighted by Crippen LogP contribution is 2.29. The van der Waals surface area contributed by atoms with Crippen LogP contribution in [0.1, 0.15) is 43.9 Å². The van der Waals surface area contributed by atoms with Crippen molar-refractivity contribution in [2.45, 2.75) is 18.9 Å². The number of non-ortho nitro benzene ring substituents is 1. The maximum Gasteiger partial charge on any atom is 0.273 e. The molecule has 0 saturated carbocycles. The highest BCUT2D eigenvalue weighted by molar-refractivity contribution is 6.22. The Morgan fingerprint density at radius 1 is 1.20 bits per heavy atom. The Morgan fingerprint density at radius 2 is 1.97 bits per heavy atom. The number of nitro groups is 1. The molecule has 2 N–H and O–H groups in total. The number of nitrogens with one attached hydrogen (secondary N) is 1. The lowest BCUT2D eigenvalue weighted by atomic mass is 10.1. The number of fused-ring (bicyclic) bond motifs is 1. The van der Waals surface area contributed by atoms with Crippen molar-refractivity contribution in [3.8, 4) is 5.75 Å². The number of phenolic OH excluding ortho intramolecular Hbond substituents is 1. The Balaban J connectivity index is 1.53. The highest BCUT2D eigenvalue weighted by atomic mass is 16.6. The second kappa shape index (κ2) is 7.56. The van der Waals surface area contributed by atoms with Crippen molar-refractivity contribution < 1.29 is 29.2 Å². The molecule has 1 saturated heterocycles. The van der Waals surface area contributed by atoms with E-state index in [-0.39, 0.29) is 40.7 Å². The summed E-state index contributed by atoms with van der Waals surface area (Å²) >= 11 is 0. The van der Waals surface area contributed by atoms with Gasteiger partial charge >= 0.3 is 0 Å². The molecule has 1 unspecified atom stereocenters. The topological polar surface area (TPSA) is 139 Å². The van der Waals surface area contributed by atoms with Gasteiger partial charge in [-0.1, -0.05) is 0 Å². The van der Waals surface area contributed by atoms with Crippen LogP contribution >= 0.6 is 0 Å². The molecule has 0 aliphatic carbocycles. The molecule has 2 aliphatic heterocycles. The first-order chi connectivity index (χ1) is 14.3. The molecule has 154 valence electrons. The maximum absolute atomic E-state index is 12.7. The lowest BCUT2D eigenvalue weighted by molar-refractivity contribution is -0.384. The number of amides is 3. The van der Waals surface area contributed by atoms with Crippen molar-refractivity contribution >= 4 is 29.1 Å². The number of hydrogen-bond donors (Lipinski definition) is 2. The molecule has 0 aromatic heterocycles. The third-order valence-electron chi connectivity index (χ3n) is 5.08. The fourth-order valence-electron chi connectivity index (χ4n) is 3.52. The fourth-order valence-corrected chi connectivity index (χ4v) is 3.52. The number of aromatic hydroxyl groups is 1. The zero-order chi connectivity index (χ0) is 21.4. The first-order valence-electron chi connectivity index (χ1n) is 9.26. The van der Waals surface area contributed by atoms with Crippen LogP contribution in [0.5, 0.6) is 5.75 Å². The molecule has 10 nitrogen and oxygen atoms in total. The summed E-state index contributed by atoms with van der Waals surface area (Å²) in [4.78, 5) is 49.0. The molecule has 10 heteroatoms. The average molecular weight is 411 g/mol. The van der Waals surface area contributed by atoms with Gasteiger partial charge in [0.1, 0.15) is 5.75 Å². The summed E-state index contributed by atoms with van der Waals surface area (Å²) in [5.74, 6) is -2.02. The van der Waals surface area contributed by atoms with Crippen LogP contribution < -0.4 is 5.32 Å².